The third-order valence-corrected chi connectivity index (χ3v) is 4.29. The van der Waals surface area contributed by atoms with Gasteiger partial charge in [-0.3, -0.25) is 9.59 Å². The van der Waals surface area contributed by atoms with Gasteiger partial charge in [0, 0.05) is 32.8 Å². The lowest BCUT2D eigenvalue weighted by molar-refractivity contribution is -0.146. The summed E-state index contributed by atoms with van der Waals surface area (Å²) >= 11 is 0. The van der Waals surface area contributed by atoms with Crippen molar-refractivity contribution < 1.29 is 14.3 Å². The Kier molecular flexibility index (Phi) is 5.99. The Morgan fingerprint density at radius 3 is 2.48 bits per heavy atom. The SMILES string of the molecule is CCCC[C@H](N)C(=O)N1CCN(C(=O)C2CCCO2)CC1. The van der Waals surface area contributed by atoms with E-state index in [4.69, 9.17) is 10.5 Å². The molecule has 2 rings (SSSR count). The molecule has 0 saturated carbocycles. The fourth-order valence-electron chi connectivity index (χ4n) is 2.91. The van der Waals surface area contributed by atoms with Gasteiger partial charge in [0.2, 0.25) is 5.91 Å². The largest absolute Gasteiger partial charge is 0.368 e. The third-order valence-electron chi connectivity index (χ3n) is 4.29. The molecule has 6 heteroatoms. The van der Waals surface area contributed by atoms with Crippen LogP contribution in [0.5, 0.6) is 0 Å². The summed E-state index contributed by atoms with van der Waals surface area (Å²) in [6.45, 7) is 5.11. The van der Waals surface area contributed by atoms with Crippen molar-refractivity contribution in [2.75, 3.05) is 32.8 Å². The lowest BCUT2D eigenvalue weighted by atomic mass is 10.1. The molecule has 2 fully saturated rings. The molecule has 0 spiro atoms. The first-order chi connectivity index (χ1) is 10.1. The molecule has 2 heterocycles. The molecule has 0 bridgehead atoms. The maximum absolute atomic E-state index is 12.2. The number of rotatable bonds is 5. The standard InChI is InChI=1S/C15H27N3O3/c1-2-3-5-12(16)14(19)17-7-9-18(10-8-17)15(20)13-6-4-11-21-13/h12-13H,2-11,16H2,1H3/t12-,13?/m0/s1. The molecule has 0 aromatic rings. The molecule has 2 N–H and O–H groups in total. The smallest absolute Gasteiger partial charge is 0.251 e. The molecule has 0 radical (unpaired) electrons. The van der Waals surface area contributed by atoms with Gasteiger partial charge in [-0.15, -0.1) is 0 Å². The van der Waals surface area contributed by atoms with Crippen molar-refractivity contribution in [1.82, 2.24) is 9.80 Å². The first kappa shape index (κ1) is 16.2. The lowest BCUT2D eigenvalue weighted by Gasteiger charge is -2.36. The van der Waals surface area contributed by atoms with E-state index in [9.17, 15) is 9.59 Å². The number of hydrogen-bond donors (Lipinski definition) is 1. The Balaban J connectivity index is 1.77. The average molecular weight is 297 g/mol. The van der Waals surface area contributed by atoms with Crippen LogP contribution in [0.15, 0.2) is 0 Å². The second kappa shape index (κ2) is 7.75. The van der Waals surface area contributed by atoms with Crippen molar-refractivity contribution in [3.05, 3.63) is 0 Å². The molecule has 120 valence electrons. The van der Waals surface area contributed by atoms with Gasteiger partial charge in [-0.05, 0) is 19.3 Å². The van der Waals surface area contributed by atoms with E-state index in [2.05, 4.69) is 6.92 Å². The van der Waals surface area contributed by atoms with Crippen molar-refractivity contribution in [2.45, 2.75) is 51.2 Å². The highest BCUT2D eigenvalue weighted by atomic mass is 16.5. The Labute approximate surface area is 126 Å². The molecule has 2 aliphatic rings. The van der Waals surface area contributed by atoms with Crippen molar-refractivity contribution in [1.29, 1.82) is 0 Å². The van der Waals surface area contributed by atoms with Crippen LogP contribution in [-0.2, 0) is 14.3 Å². The van der Waals surface area contributed by atoms with Crippen molar-refractivity contribution in [3.8, 4) is 0 Å². The predicted molar refractivity (Wildman–Crippen MR) is 79.6 cm³/mol. The minimum atomic E-state index is -0.398. The lowest BCUT2D eigenvalue weighted by Crippen LogP contribution is -2.55. The Morgan fingerprint density at radius 1 is 1.24 bits per heavy atom. The number of nitrogens with two attached hydrogens (primary N) is 1. The van der Waals surface area contributed by atoms with E-state index in [1.165, 1.54) is 0 Å². The third kappa shape index (κ3) is 4.17. The van der Waals surface area contributed by atoms with Gasteiger partial charge in [-0.2, -0.15) is 0 Å². The zero-order valence-corrected chi connectivity index (χ0v) is 12.9. The van der Waals surface area contributed by atoms with Crippen LogP contribution in [0.2, 0.25) is 0 Å². The van der Waals surface area contributed by atoms with E-state index in [-0.39, 0.29) is 17.9 Å². The van der Waals surface area contributed by atoms with Crippen LogP contribution in [0.1, 0.15) is 39.0 Å². The number of piperazine rings is 1. The molecule has 6 nitrogen and oxygen atoms in total. The van der Waals surface area contributed by atoms with Crippen LogP contribution in [0.3, 0.4) is 0 Å². The van der Waals surface area contributed by atoms with Crippen LogP contribution >= 0.6 is 0 Å². The summed E-state index contributed by atoms with van der Waals surface area (Å²) in [6, 6.07) is -0.398. The van der Waals surface area contributed by atoms with E-state index >= 15 is 0 Å². The quantitative estimate of drug-likeness (QED) is 0.794. The topological polar surface area (TPSA) is 75.9 Å². The van der Waals surface area contributed by atoms with Crippen molar-refractivity contribution in [3.63, 3.8) is 0 Å². The summed E-state index contributed by atoms with van der Waals surface area (Å²) in [6.07, 6.45) is 4.28. The van der Waals surface area contributed by atoms with E-state index in [0.29, 0.717) is 32.8 Å². The molecular formula is C15H27N3O3. The summed E-state index contributed by atoms with van der Waals surface area (Å²) in [4.78, 5) is 28.0. The van der Waals surface area contributed by atoms with Gasteiger partial charge in [-0.1, -0.05) is 19.8 Å². The zero-order chi connectivity index (χ0) is 15.2. The van der Waals surface area contributed by atoms with Crippen molar-refractivity contribution >= 4 is 11.8 Å². The molecule has 0 aliphatic carbocycles. The van der Waals surface area contributed by atoms with Crippen molar-refractivity contribution in [2.24, 2.45) is 5.73 Å². The normalized spacial score (nSPS) is 24.2. The van der Waals surface area contributed by atoms with E-state index in [1.807, 2.05) is 4.90 Å². The number of carbonyl (C=O) groups excluding carboxylic acids is 2. The highest BCUT2D eigenvalue weighted by Crippen LogP contribution is 2.16. The molecule has 0 aromatic carbocycles. The molecule has 2 amide bonds. The van der Waals surface area contributed by atoms with Crippen LogP contribution in [0.25, 0.3) is 0 Å². The maximum atomic E-state index is 12.2. The molecule has 0 aromatic heterocycles. The van der Waals surface area contributed by atoms with Gasteiger partial charge in [0.15, 0.2) is 0 Å². The molecule has 2 atom stereocenters. The van der Waals surface area contributed by atoms with Gasteiger partial charge in [-0.25, -0.2) is 0 Å². The summed E-state index contributed by atoms with van der Waals surface area (Å²) in [7, 11) is 0. The number of amides is 2. The highest BCUT2D eigenvalue weighted by molar-refractivity contribution is 5.83. The monoisotopic (exact) mass is 297 g/mol. The number of nitrogens with zero attached hydrogens (tertiary/aromatic N) is 2. The van der Waals surface area contributed by atoms with Gasteiger partial charge < -0.3 is 20.3 Å². The summed E-state index contributed by atoms with van der Waals surface area (Å²) in [5, 5.41) is 0. The second-order valence-corrected chi connectivity index (χ2v) is 5.90. The summed E-state index contributed by atoms with van der Waals surface area (Å²) < 4.78 is 5.43. The Hall–Kier alpha value is -1.14. The summed E-state index contributed by atoms with van der Waals surface area (Å²) in [5.41, 5.74) is 5.94. The molecule has 2 saturated heterocycles. The summed E-state index contributed by atoms with van der Waals surface area (Å²) in [5.74, 6) is 0.0996. The molecule has 1 unspecified atom stereocenters. The first-order valence-corrected chi connectivity index (χ1v) is 8.08. The molecular weight excluding hydrogens is 270 g/mol. The van der Waals surface area contributed by atoms with Gasteiger partial charge >= 0.3 is 0 Å². The van der Waals surface area contributed by atoms with E-state index < -0.39 is 6.04 Å². The zero-order valence-electron chi connectivity index (χ0n) is 12.9. The first-order valence-electron chi connectivity index (χ1n) is 8.08. The van der Waals surface area contributed by atoms with Crippen LogP contribution in [0, 0.1) is 0 Å². The number of ether oxygens (including phenoxy) is 1. The fraction of sp³-hybridized carbons (Fsp3) is 0.867. The number of hydrogen-bond acceptors (Lipinski definition) is 4. The van der Waals surface area contributed by atoms with Gasteiger partial charge in [0.1, 0.15) is 6.10 Å². The number of carbonyl (C=O) groups is 2. The fourth-order valence-corrected chi connectivity index (χ4v) is 2.91. The highest BCUT2D eigenvalue weighted by Gasteiger charge is 2.32. The molecule has 21 heavy (non-hydrogen) atoms. The van der Waals surface area contributed by atoms with Crippen LogP contribution in [0.4, 0.5) is 0 Å². The second-order valence-electron chi connectivity index (χ2n) is 5.90. The van der Waals surface area contributed by atoms with Gasteiger partial charge in [0.25, 0.3) is 5.91 Å². The minimum Gasteiger partial charge on any atom is -0.368 e. The number of unbranched alkanes of at least 4 members (excludes halogenated alkanes) is 1. The van der Waals surface area contributed by atoms with Crippen LogP contribution < -0.4 is 5.73 Å². The van der Waals surface area contributed by atoms with E-state index in [1.54, 1.807) is 4.90 Å². The predicted octanol–water partition coefficient (Wildman–Crippen LogP) is 0.354. The Bertz CT molecular complexity index is 361. The van der Waals surface area contributed by atoms with E-state index in [0.717, 1.165) is 32.1 Å². The Morgan fingerprint density at radius 2 is 1.90 bits per heavy atom. The molecule has 2 aliphatic heterocycles. The maximum Gasteiger partial charge on any atom is 0.251 e. The van der Waals surface area contributed by atoms with Crippen LogP contribution in [-0.4, -0.2) is 66.5 Å². The average Bonchev–Trinajstić information content (AvgIpc) is 3.05. The minimum absolute atomic E-state index is 0.0210. The van der Waals surface area contributed by atoms with Gasteiger partial charge in [0.05, 0.1) is 6.04 Å².